The minimum atomic E-state index is -0.904. The van der Waals surface area contributed by atoms with Gasteiger partial charge in [0.05, 0.1) is 18.3 Å². The maximum absolute atomic E-state index is 11.4. The van der Waals surface area contributed by atoms with Gasteiger partial charge in [0.15, 0.2) is 0 Å². The molecule has 3 atom stereocenters. The van der Waals surface area contributed by atoms with Crippen molar-refractivity contribution in [1.29, 1.82) is 0 Å². The van der Waals surface area contributed by atoms with Crippen molar-refractivity contribution in [2.24, 2.45) is 0 Å². The summed E-state index contributed by atoms with van der Waals surface area (Å²) in [4.78, 5) is 11.4. The third-order valence-corrected chi connectivity index (χ3v) is 3.85. The molecule has 118 valence electrons. The predicted octanol–water partition coefficient (Wildman–Crippen LogP) is 2.19. The molecule has 0 spiro atoms. The number of carbonyl (C=O) groups is 1. The Morgan fingerprint density at radius 1 is 1.40 bits per heavy atom. The van der Waals surface area contributed by atoms with Gasteiger partial charge in [-0.25, -0.2) is 0 Å². The summed E-state index contributed by atoms with van der Waals surface area (Å²) in [5.41, 5.74) is -0.904. The van der Waals surface area contributed by atoms with Crippen molar-refractivity contribution in [3.63, 3.8) is 0 Å². The third kappa shape index (κ3) is 5.38. The highest BCUT2D eigenvalue weighted by molar-refractivity contribution is 5.78. The molecule has 1 saturated heterocycles. The second-order valence-corrected chi connectivity index (χ2v) is 6.04. The minimum absolute atomic E-state index is 0.179. The van der Waals surface area contributed by atoms with Crippen LogP contribution in [0.2, 0.25) is 0 Å². The highest BCUT2D eigenvalue weighted by Gasteiger charge is 2.32. The molecule has 3 unspecified atom stereocenters. The van der Waals surface area contributed by atoms with Crippen molar-refractivity contribution in [3.05, 3.63) is 0 Å². The van der Waals surface area contributed by atoms with Gasteiger partial charge in [-0.1, -0.05) is 6.92 Å². The van der Waals surface area contributed by atoms with Crippen LogP contribution in [0.3, 0.4) is 0 Å². The van der Waals surface area contributed by atoms with E-state index in [9.17, 15) is 9.90 Å². The van der Waals surface area contributed by atoms with E-state index >= 15 is 0 Å². The molecule has 2 N–H and O–H groups in total. The zero-order chi connectivity index (χ0) is 15.2. The maximum Gasteiger partial charge on any atom is 0.323 e. The summed E-state index contributed by atoms with van der Waals surface area (Å²) in [6, 6.07) is 0. The van der Waals surface area contributed by atoms with E-state index in [1.807, 2.05) is 6.92 Å². The van der Waals surface area contributed by atoms with Gasteiger partial charge in [0.25, 0.3) is 0 Å². The van der Waals surface area contributed by atoms with Crippen molar-refractivity contribution >= 4 is 5.97 Å². The normalized spacial score (nSPS) is 29.9. The average molecular weight is 287 g/mol. The van der Waals surface area contributed by atoms with Gasteiger partial charge in [-0.2, -0.15) is 0 Å². The summed E-state index contributed by atoms with van der Waals surface area (Å²) >= 11 is 0. The highest BCUT2D eigenvalue weighted by Crippen LogP contribution is 2.22. The molecule has 0 aliphatic carbocycles. The molecule has 0 radical (unpaired) electrons. The lowest BCUT2D eigenvalue weighted by molar-refractivity contribution is -0.146. The Labute approximate surface area is 122 Å². The fourth-order valence-electron chi connectivity index (χ4n) is 2.58. The fraction of sp³-hybridized carbons (Fsp3) is 0.933. The zero-order valence-corrected chi connectivity index (χ0v) is 13.1. The summed E-state index contributed by atoms with van der Waals surface area (Å²) in [5.74, 6) is -0.816. The smallest absolute Gasteiger partial charge is 0.323 e. The number of hydrogen-bond donors (Lipinski definition) is 2. The summed E-state index contributed by atoms with van der Waals surface area (Å²) < 4.78 is 11.5. The van der Waals surface area contributed by atoms with Crippen molar-refractivity contribution in [3.8, 4) is 0 Å². The van der Waals surface area contributed by atoms with Crippen LogP contribution in [-0.4, -0.2) is 48.1 Å². The van der Waals surface area contributed by atoms with Crippen LogP contribution in [0.5, 0.6) is 0 Å². The van der Waals surface area contributed by atoms with Crippen LogP contribution >= 0.6 is 0 Å². The Kier molecular flexibility index (Phi) is 6.92. The molecule has 0 aromatic heterocycles. The Bertz CT molecular complexity index is 300. The van der Waals surface area contributed by atoms with Gasteiger partial charge < -0.3 is 19.9 Å². The van der Waals surface area contributed by atoms with Gasteiger partial charge in [-0.3, -0.25) is 4.79 Å². The third-order valence-electron chi connectivity index (χ3n) is 3.85. The van der Waals surface area contributed by atoms with Crippen molar-refractivity contribution < 1.29 is 19.4 Å². The first kappa shape index (κ1) is 17.4. The first-order valence-corrected chi connectivity index (χ1v) is 7.63. The molecule has 1 aliphatic rings. The van der Waals surface area contributed by atoms with Crippen LogP contribution in [0.25, 0.3) is 0 Å². The molecule has 1 fully saturated rings. The Morgan fingerprint density at radius 3 is 2.50 bits per heavy atom. The lowest BCUT2D eigenvalue weighted by Gasteiger charge is -2.33. The van der Waals surface area contributed by atoms with Crippen LogP contribution in [0.15, 0.2) is 0 Å². The molecule has 0 bridgehead atoms. The average Bonchev–Trinajstić information content (AvgIpc) is 2.35. The van der Waals surface area contributed by atoms with Gasteiger partial charge in [-0.15, -0.1) is 0 Å². The molecule has 0 aromatic rings. The molecule has 1 aliphatic heterocycles. The van der Waals surface area contributed by atoms with Crippen LogP contribution in [-0.2, 0) is 14.3 Å². The minimum Gasteiger partial charge on any atom is -0.480 e. The van der Waals surface area contributed by atoms with E-state index in [4.69, 9.17) is 9.47 Å². The number of hydrogen-bond acceptors (Lipinski definition) is 4. The summed E-state index contributed by atoms with van der Waals surface area (Å²) in [6.45, 7) is 9.02. The van der Waals surface area contributed by atoms with E-state index in [1.165, 1.54) is 0 Å². The van der Waals surface area contributed by atoms with E-state index in [-0.39, 0.29) is 18.3 Å². The van der Waals surface area contributed by atoms with Crippen LogP contribution in [0.4, 0.5) is 0 Å². The van der Waals surface area contributed by atoms with Crippen molar-refractivity contribution in [2.75, 3.05) is 13.2 Å². The maximum atomic E-state index is 11.4. The van der Waals surface area contributed by atoms with Crippen LogP contribution in [0.1, 0.15) is 53.4 Å². The lowest BCUT2D eigenvalue weighted by atomic mass is 9.98. The Morgan fingerprint density at radius 2 is 2.00 bits per heavy atom. The number of carboxylic acids is 1. The standard InChI is InChI=1S/C15H29NO4/c1-5-7-16-15(4,14(17)18)6-8-19-13-9-11(2)20-12(3)10-13/h11-13,16H,5-10H2,1-4H3,(H,17,18). The van der Waals surface area contributed by atoms with Crippen LogP contribution < -0.4 is 5.32 Å². The first-order valence-electron chi connectivity index (χ1n) is 7.63. The monoisotopic (exact) mass is 287 g/mol. The van der Waals surface area contributed by atoms with Crippen molar-refractivity contribution in [1.82, 2.24) is 5.32 Å². The quantitative estimate of drug-likeness (QED) is 0.716. The van der Waals surface area contributed by atoms with Crippen molar-refractivity contribution in [2.45, 2.75) is 77.2 Å². The molecule has 1 heterocycles. The van der Waals surface area contributed by atoms with E-state index in [1.54, 1.807) is 6.92 Å². The molecule has 20 heavy (non-hydrogen) atoms. The second kappa shape index (κ2) is 7.96. The highest BCUT2D eigenvalue weighted by atomic mass is 16.5. The molecule has 0 amide bonds. The summed E-state index contributed by atoms with van der Waals surface area (Å²) in [6.07, 6.45) is 3.77. The molecule has 5 nitrogen and oxygen atoms in total. The number of rotatable bonds is 8. The van der Waals surface area contributed by atoms with Crippen LogP contribution in [0, 0.1) is 0 Å². The van der Waals surface area contributed by atoms with E-state index in [0.29, 0.717) is 19.6 Å². The first-order chi connectivity index (χ1) is 9.37. The molecular weight excluding hydrogens is 258 g/mol. The van der Waals surface area contributed by atoms with Gasteiger partial charge >= 0.3 is 5.97 Å². The topological polar surface area (TPSA) is 67.8 Å². The number of nitrogens with one attached hydrogen (secondary N) is 1. The van der Waals surface area contributed by atoms with E-state index in [0.717, 1.165) is 19.3 Å². The Hall–Kier alpha value is -0.650. The molecule has 1 rings (SSSR count). The van der Waals surface area contributed by atoms with Gasteiger partial charge in [0.1, 0.15) is 5.54 Å². The van der Waals surface area contributed by atoms with E-state index in [2.05, 4.69) is 19.2 Å². The van der Waals surface area contributed by atoms with Gasteiger partial charge in [0.2, 0.25) is 0 Å². The summed E-state index contributed by atoms with van der Waals surface area (Å²) in [5, 5.41) is 12.4. The van der Waals surface area contributed by atoms with E-state index < -0.39 is 11.5 Å². The fourth-order valence-corrected chi connectivity index (χ4v) is 2.58. The van der Waals surface area contributed by atoms with Gasteiger partial charge in [-0.05, 0) is 53.0 Å². The number of carboxylic acid groups (broad SMARTS) is 1. The number of aliphatic carboxylic acids is 1. The SMILES string of the molecule is CCCNC(C)(CCOC1CC(C)OC(C)C1)C(=O)O. The molecular formula is C15H29NO4. The lowest BCUT2D eigenvalue weighted by Crippen LogP contribution is -2.50. The number of ether oxygens (including phenoxy) is 2. The Balaban J connectivity index is 2.38. The molecule has 0 aromatic carbocycles. The van der Waals surface area contributed by atoms with Gasteiger partial charge in [0, 0.05) is 6.61 Å². The molecule has 5 heteroatoms. The predicted molar refractivity (Wildman–Crippen MR) is 77.9 cm³/mol. The second-order valence-electron chi connectivity index (χ2n) is 6.04. The zero-order valence-electron chi connectivity index (χ0n) is 13.1. The molecule has 0 saturated carbocycles. The summed E-state index contributed by atoms with van der Waals surface area (Å²) in [7, 11) is 0. The largest absolute Gasteiger partial charge is 0.480 e.